The highest BCUT2D eigenvalue weighted by Crippen LogP contribution is 2.25. The number of rotatable bonds is 8. The van der Waals surface area contributed by atoms with Gasteiger partial charge in [-0.3, -0.25) is 14.5 Å². The lowest BCUT2D eigenvalue weighted by atomic mass is 10.1. The Bertz CT molecular complexity index is 579. The summed E-state index contributed by atoms with van der Waals surface area (Å²) in [7, 11) is 0. The van der Waals surface area contributed by atoms with Crippen molar-refractivity contribution in [3.63, 3.8) is 0 Å². The lowest BCUT2D eigenvalue weighted by Gasteiger charge is -2.22. The highest BCUT2D eigenvalue weighted by Gasteiger charge is 2.17. The van der Waals surface area contributed by atoms with Gasteiger partial charge in [0.05, 0.1) is 19.1 Å². The minimum atomic E-state index is -0.245. The lowest BCUT2D eigenvalue weighted by molar-refractivity contribution is -0.125. The Morgan fingerprint density at radius 1 is 1.08 bits per heavy atom. The summed E-state index contributed by atoms with van der Waals surface area (Å²) in [6.45, 7) is 8.52. The number of amides is 2. The molecule has 0 aromatic heterocycles. The quantitative estimate of drug-likeness (QED) is 0.735. The second-order valence-corrected chi connectivity index (χ2v) is 6.82. The molecule has 0 spiro atoms. The van der Waals surface area contributed by atoms with Gasteiger partial charge >= 0.3 is 0 Å². The Labute approximate surface area is 153 Å². The second-order valence-electron chi connectivity index (χ2n) is 5.98. The number of halogens is 2. The number of carbonyl (C=O) groups is 2. The summed E-state index contributed by atoms with van der Waals surface area (Å²) in [5.41, 5.74) is 0.801. The number of likely N-dealkylation sites (N-methyl/N-ethyl adjacent to an activating group) is 1. The van der Waals surface area contributed by atoms with Crippen molar-refractivity contribution in [1.29, 1.82) is 0 Å². The average Bonchev–Trinajstić information content (AvgIpc) is 2.45. The van der Waals surface area contributed by atoms with Crippen LogP contribution in [0.4, 0.5) is 0 Å². The van der Waals surface area contributed by atoms with Crippen molar-refractivity contribution in [2.75, 3.05) is 19.6 Å². The van der Waals surface area contributed by atoms with Crippen LogP contribution in [-0.4, -0.2) is 42.4 Å². The summed E-state index contributed by atoms with van der Waals surface area (Å²) in [5.74, 6) is -0.249. The van der Waals surface area contributed by atoms with Crippen LogP contribution in [0.3, 0.4) is 0 Å². The van der Waals surface area contributed by atoms with Crippen LogP contribution in [-0.2, 0) is 9.59 Å². The normalized spacial score (nSPS) is 12.3. The molecule has 0 fully saturated rings. The zero-order valence-corrected chi connectivity index (χ0v) is 16.0. The molecule has 1 aromatic carbocycles. The first-order chi connectivity index (χ1) is 11.2. The highest BCUT2D eigenvalue weighted by atomic mass is 35.5. The zero-order valence-electron chi connectivity index (χ0n) is 14.5. The molecule has 0 unspecified atom stereocenters. The van der Waals surface area contributed by atoms with E-state index < -0.39 is 0 Å². The minimum Gasteiger partial charge on any atom is -0.353 e. The molecule has 24 heavy (non-hydrogen) atoms. The van der Waals surface area contributed by atoms with Crippen molar-refractivity contribution >= 4 is 35.0 Å². The number of hydrogen-bond donors (Lipinski definition) is 2. The number of carbonyl (C=O) groups excluding carboxylic acids is 2. The monoisotopic (exact) mass is 373 g/mol. The maximum Gasteiger partial charge on any atom is 0.234 e. The zero-order chi connectivity index (χ0) is 18.3. The van der Waals surface area contributed by atoms with Gasteiger partial charge in [0.15, 0.2) is 0 Å². The first-order valence-corrected chi connectivity index (χ1v) is 8.74. The molecule has 0 bridgehead atoms. The molecule has 0 aliphatic heterocycles. The predicted molar refractivity (Wildman–Crippen MR) is 98.4 cm³/mol. The van der Waals surface area contributed by atoms with Crippen LogP contribution in [0.5, 0.6) is 0 Å². The standard InChI is InChI=1S/C17H25Cl2N3O2/c1-5-22(9-16(23)20-11(2)3)10-17(24)21-12(4)14-7-6-13(18)8-15(14)19/h6-8,11-12H,5,9-10H2,1-4H3,(H,20,23)(H,21,24)/t12-/m0/s1. The molecule has 1 rings (SSSR count). The summed E-state index contributed by atoms with van der Waals surface area (Å²) in [6, 6.07) is 5.02. The SMILES string of the molecule is CCN(CC(=O)NC(C)C)CC(=O)N[C@@H](C)c1ccc(Cl)cc1Cl. The molecule has 0 radical (unpaired) electrons. The molecule has 0 heterocycles. The van der Waals surface area contributed by atoms with Gasteiger partial charge in [0.25, 0.3) is 0 Å². The van der Waals surface area contributed by atoms with Gasteiger partial charge in [-0.05, 0) is 45.0 Å². The minimum absolute atomic E-state index is 0.0806. The van der Waals surface area contributed by atoms with Gasteiger partial charge in [-0.15, -0.1) is 0 Å². The van der Waals surface area contributed by atoms with E-state index in [1.165, 1.54) is 0 Å². The van der Waals surface area contributed by atoms with E-state index in [-0.39, 0.29) is 37.0 Å². The molecule has 2 amide bonds. The van der Waals surface area contributed by atoms with Crippen LogP contribution in [0.1, 0.15) is 39.3 Å². The Morgan fingerprint density at radius 3 is 2.17 bits per heavy atom. The number of nitrogens with one attached hydrogen (secondary N) is 2. The Morgan fingerprint density at radius 2 is 1.67 bits per heavy atom. The third kappa shape index (κ3) is 7.07. The predicted octanol–water partition coefficient (Wildman–Crippen LogP) is 3.02. The number of nitrogens with zero attached hydrogens (tertiary/aromatic N) is 1. The van der Waals surface area contributed by atoms with Crippen LogP contribution in [0.25, 0.3) is 0 Å². The molecule has 0 aliphatic rings. The van der Waals surface area contributed by atoms with E-state index in [9.17, 15) is 9.59 Å². The number of hydrogen-bond acceptors (Lipinski definition) is 3. The third-order valence-electron chi connectivity index (χ3n) is 3.44. The van der Waals surface area contributed by atoms with Crippen molar-refractivity contribution < 1.29 is 9.59 Å². The first kappa shape index (κ1) is 20.7. The van der Waals surface area contributed by atoms with E-state index in [2.05, 4.69) is 10.6 Å². The van der Waals surface area contributed by atoms with Crippen LogP contribution in [0.15, 0.2) is 18.2 Å². The van der Waals surface area contributed by atoms with Crippen molar-refractivity contribution in [1.82, 2.24) is 15.5 Å². The molecule has 0 aliphatic carbocycles. The third-order valence-corrected chi connectivity index (χ3v) is 4.00. The molecule has 1 atom stereocenters. The van der Waals surface area contributed by atoms with Gasteiger partial charge in [0, 0.05) is 16.1 Å². The lowest BCUT2D eigenvalue weighted by Crippen LogP contribution is -2.44. The fourth-order valence-corrected chi connectivity index (χ4v) is 2.84. The molecule has 0 saturated heterocycles. The summed E-state index contributed by atoms with van der Waals surface area (Å²) in [6.07, 6.45) is 0. The molecule has 1 aromatic rings. The second kappa shape index (κ2) is 9.87. The summed E-state index contributed by atoms with van der Waals surface area (Å²) < 4.78 is 0. The largest absolute Gasteiger partial charge is 0.353 e. The smallest absolute Gasteiger partial charge is 0.234 e. The molecule has 134 valence electrons. The summed E-state index contributed by atoms with van der Waals surface area (Å²) >= 11 is 12.0. The number of benzene rings is 1. The van der Waals surface area contributed by atoms with E-state index in [1.807, 2.05) is 27.7 Å². The fourth-order valence-electron chi connectivity index (χ4n) is 2.27. The molecular weight excluding hydrogens is 349 g/mol. The summed E-state index contributed by atoms with van der Waals surface area (Å²) in [4.78, 5) is 25.8. The Kier molecular flexibility index (Phi) is 8.53. The van der Waals surface area contributed by atoms with E-state index in [4.69, 9.17) is 23.2 Å². The maximum absolute atomic E-state index is 12.2. The van der Waals surface area contributed by atoms with Crippen LogP contribution < -0.4 is 10.6 Å². The van der Waals surface area contributed by atoms with Gasteiger partial charge in [-0.2, -0.15) is 0 Å². The van der Waals surface area contributed by atoms with Crippen molar-refractivity contribution in [2.45, 2.75) is 39.8 Å². The van der Waals surface area contributed by atoms with Crippen molar-refractivity contribution in [3.8, 4) is 0 Å². The molecule has 7 heteroatoms. The van der Waals surface area contributed by atoms with Crippen molar-refractivity contribution in [2.24, 2.45) is 0 Å². The molecule has 0 saturated carbocycles. The van der Waals surface area contributed by atoms with E-state index >= 15 is 0 Å². The van der Waals surface area contributed by atoms with E-state index in [0.29, 0.717) is 16.6 Å². The Hall–Kier alpha value is -1.30. The topological polar surface area (TPSA) is 61.4 Å². The van der Waals surface area contributed by atoms with Crippen LogP contribution >= 0.6 is 23.2 Å². The average molecular weight is 374 g/mol. The maximum atomic E-state index is 12.2. The van der Waals surface area contributed by atoms with Gasteiger partial charge in [0.1, 0.15) is 0 Å². The van der Waals surface area contributed by atoms with Gasteiger partial charge < -0.3 is 10.6 Å². The highest BCUT2D eigenvalue weighted by molar-refractivity contribution is 6.35. The molecular formula is C17H25Cl2N3O2. The van der Waals surface area contributed by atoms with Gasteiger partial charge in [-0.25, -0.2) is 0 Å². The van der Waals surface area contributed by atoms with Crippen LogP contribution in [0.2, 0.25) is 10.0 Å². The molecule has 5 nitrogen and oxygen atoms in total. The van der Waals surface area contributed by atoms with Crippen LogP contribution in [0, 0.1) is 0 Å². The first-order valence-electron chi connectivity index (χ1n) is 7.99. The van der Waals surface area contributed by atoms with E-state index in [1.54, 1.807) is 23.1 Å². The van der Waals surface area contributed by atoms with Crippen molar-refractivity contribution in [3.05, 3.63) is 33.8 Å². The van der Waals surface area contributed by atoms with Gasteiger partial charge in [-0.1, -0.05) is 36.2 Å². The Balaban J connectivity index is 2.58. The molecule has 2 N–H and O–H groups in total. The van der Waals surface area contributed by atoms with Gasteiger partial charge in [0.2, 0.25) is 11.8 Å². The summed E-state index contributed by atoms with van der Waals surface area (Å²) in [5, 5.41) is 6.78. The van der Waals surface area contributed by atoms with E-state index in [0.717, 1.165) is 5.56 Å². The fraction of sp³-hybridized carbons (Fsp3) is 0.529.